The van der Waals surface area contributed by atoms with E-state index in [0.29, 0.717) is 61.0 Å². The average Bonchev–Trinajstić information content (AvgIpc) is 3.87. The minimum absolute atomic E-state index is 0.277. The molecule has 0 bridgehead atoms. The van der Waals surface area contributed by atoms with E-state index in [2.05, 4.69) is 27.6 Å². The van der Waals surface area contributed by atoms with Crippen LogP contribution in [-0.4, -0.2) is 55.6 Å². The third-order valence-corrected chi connectivity index (χ3v) is 9.13. The zero-order valence-corrected chi connectivity index (χ0v) is 26.1. The van der Waals surface area contributed by atoms with Gasteiger partial charge >= 0.3 is 0 Å². The number of methoxy groups -OCH3 is 1. The molecule has 1 saturated carbocycles. The van der Waals surface area contributed by atoms with E-state index >= 15 is 4.39 Å². The van der Waals surface area contributed by atoms with Crippen LogP contribution in [0, 0.1) is 23.0 Å². The lowest BCUT2D eigenvalue weighted by Gasteiger charge is -2.28. The fraction of sp³-hybridized carbons (Fsp3) is 0.361. The molecule has 0 unspecified atom stereocenters. The van der Waals surface area contributed by atoms with Crippen molar-refractivity contribution in [2.24, 2.45) is 11.3 Å². The highest BCUT2D eigenvalue weighted by atomic mass is 19.1. The summed E-state index contributed by atoms with van der Waals surface area (Å²) in [5.41, 5.74) is 1.74. The summed E-state index contributed by atoms with van der Waals surface area (Å²) >= 11 is 0. The van der Waals surface area contributed by atoms with Gasteiger partial charge in [-0.1, -0.05) is 6.07 Å². The quantitative estimate of drug-likeness (QED) is 0.187. The van der Waals surface area contributed by atoms with Gasteiger partial charge in [-0.3, -0.25) is 14.6 Å². The summed E-state index contributed by atoms with van der Waals surface area (Å²) in [5.74, 6) is -0.0122. The second-order valence-corrected chi connectivity index (χ2v) is 12.4. The largest absolute Gasteiger partial charge is 0.493 e. The predicted octanol–water partition coefficient (Wildman–Crippen LogP) is 6.38. The van der Waals surface area contributed by atoms with Crippen molar-refractivity contribution in [1.29, 1.82) is 0 Å². The van der Waals surface area contributed by atoms with Crippen LogP contribution in [0.25, 0.3) is 10.9 Å². The molecule has 2 amide bonds. The van der Waals surface area contributed by atoms with Gasteiger partial charge in [-0.15, -0.1) is 0 Å². The predicted molar refractivity (Wildman–Crippen MR) is 173 cm³/mol. The fourth-order valence-corrected chi connectivity index (χ4v) is 5.95. The number of hydrogen-bond donors (Lipinski definition) is 2. The fourth-order valence-electron chi connectivity index (χ4n) is 5.95. The van der Waals surface area contributed by atoms with Crippen molar-refractivity contribution in [2.75, 3.05) is 44.5 Å². The SMILES string of the molecule is COc1cc2c(CCc3ccc(NC(=O)C4(C(=O)Nc5ccc(F)cc5)CC4)cc3F)ccnc2cc1OCC1CCN(C)CC1. The number of aryl methyl sites for hydroxylation is 2. The second-order valence-electron chi connectivity index (χ2n) is 12.4. The lowest BCUT2D eigenvalue weighted by molar-refractivity contribution is -0.131. The smallest absolute Gasteiger partial charge is 0.240 e. The molecule has 6 rings (SSSR count). The Hall–Kier alpha value is -4.57. The summed E-state index contributed by atoms with van der Waals surface area (Å²) in [6.45, 7) is 2.78. The summed E-state index contributed by atoms with van der Waals surface area (Å²) < 4.78 is 40.3. The molecule has 8 nitrogen and oxygen atoms in total. The van der Waals surface area contributed by atoms with Gasteiger partial charge in [0.1, 0.15) is 17.0 Å². The number of amides is 2. The van der Waals surface area contributed by atoms with E-state index in [-0.39, 0.29) is 5.69 Å². The van der Waals surface area contributed by atoms with Crippen molar-refractivity contribution in [3.8, 4) is 11.5 Å². The number of ether oxygens (including phenoxy) is 2. The summed E-state index contributed by atoms with van der Waals surface area (Å²) in [6.07, 6.45) is 5.71. The van der Waals surface area contributed by atoms with Crippen LogP contribution in [0.5, 0.6) is 11.5 Å². The highest BCUT2D eigenvalue weighted by Crippen LogP contribution is 2.47. The number of nitrogens with one attached hydrogen (secondary N) is 2. The minimum Gasteiger partial charge on any atom is -0.493 e. The van der Waals surface area contributed by atoms with Gasteiger partial charge in [-0.05, 0) is 124 Å². The Bertz CT molecular complexity index is 1730. The molecule has 4 aromatic rings. The zero-order valence-electron chi connectivity index (χ0n) is 26.1. The molecule has 3 aromatic carbocycles. The lowest BCUT2D eigenvalue weighted by Crippen LogP contribution is -2.35. The van der Waals surface area contributed by atoms with Gasteiger partial charge in [0, 0.05) is 29.0 Å². The number of halogens is 2. The normalized spacial score (nSPS) is 16.2. The van der Waals surface area contributed by atoms with Gasteiger partial charge in [-0.25, -0.2) is 8.78 Å². The van der Waals surface area contributed by atoms with E-state index in [4.69, 9.17) is 9.47 Å². The van der Waals surface area contributed by atoms with Crippen molar-refractivity contribution in [1.82, 2.24) is 9.88 Å². The molecular weight excluding hydrogens is 590 g/mol. The van der Waals surface area contributed by atoms with Gasteiger partial charge in [-0.2, -0.15) is 0 Å². The number of piperidine rings is 1. The maximum atomic E-state index is 15.2. The zero-order chi connectivity index (χ0) is 32.3. The van der Waals surface area contributed by atoms with E-state index in [1.165, 1.54) is 30.3 Å². The van der Waals surface area contributed by atoms with Crippen molar-refractivity contribution in [3.05, 3.63) is 89.6 Å². The molecule has 1 saturated heterocycles. The summed E-state index contributed by atoms with van der Waals surface area (Å²) in [7, 11) is 3.77. The Morgan fingerprint density at radius 1 is 0.891 bits per heavy atom. The molecule has 10 heteroatoms. The highest BCUT2D eigenvalue weighted by molar-refractivity contribution is 6.16. The molecule has 240 valence electrons. The maximum Gasteiger partial charge on any atom is 0.240 e. The van der Waals surface area contributed by atoms with Crippen molar-refractivity contribution < 1.29 is 27.8 Å². The number of nitrogens with zero attached hydrogens (tertiary/aromatic N) is 2. The van der Waals surface area contributed by atoms with Crippen LogP contribution in [0.15, 0.2) is 66.9 Å². The molecule has 0 radical (unpaired) electrons. The van der Waals surface area contributed by atoms with Gasteiger partial charge in [0.05, 0.1) is 19.2 Å². The Morgan fingerprint density at radius 2 is 1.57 bits per heavy atom. The molecule has 2 N–H and O–H groups in total. The highest BCUT2D eigenvalue weighted by Gasteiger charge is 2.56. The first-order valence-electron chi connectivity index (χ1n) is 15.7. The number of likely N-dealkylation sites (tertiary alicyclic amines) is 1. The Kier molecular flexibility index (Phi) is 9.17. The van der Waals surface area contributed by atoms with E-state index in [1.807, 2.05) is 18.2 Å². The number of carbonyl (C=O) groups excluding carboxylic acids is 2. The Balaban J connectivity index is 1.09. The van der Waals surface area contributed by atoms with Gasteiger partial charge in [0.2, 0.25) is 11.8 Å². The third-order valence-electron chi connectivity index (χ3n) is 9.13. The van der Waals surface area contributed by atoms with E-state index in [1.54, 1.807) is 25.4 Å². The average molecular weight is 629 g/mol. The lowest BCUT2D eigenvalue weighted by atomic mass is 9.98. The molecule has 1 aliphatic heterocycles. The van der Waals surface area contributed by atoms with E-state index in [9.17, 15) is 14.0 Å². The standard InChI is InChI=1S/C36H38F2N4O4/c1-42-17-12-23(13-18-42)22-46-33-21-31-29(20-32(33)45-2)24(11-16-39-31)3-4-25-5-8-28(19-30(25)38)41-35(44)36(14-15-36)34(43)40-27-9-6-26(37)7-10-27/h5-11,16,19-21,23H,3-4,12-15,17-18,22H2,1-2H3,(H,40,43)(H,41,44). The first kappa shape index (κ1) is 31.4. The number of pyridine rings is 1. The monoisotopic (exact) mass is 628 g/mol. The maximum absolute atomic E-state index is 15.2. The molecule has 2 aliphatic rings. The Labute approximate surface area is 267 Å². The molecule has 2 heterocycles. The van der Waals surface area contributed by atoms with Crippen molar-refractivity contribution >= 4 is 34.1 Å². The Morgan fingerprint density at radius 3 is 2.24 bits per heavy atom. The molecule has 1 aliphatic carbocycles. The molecule has 0 atom stereocenters. The number of fused-ring (bicyclic) bond motifs is 1. The topological polar surface area (TPSA) is 92.8 Å². The molecule has 46 heavy (non-hydrogen) atoms. The first-order chi connectivity index (χ1) is 22.2. The molecular formula is C36H38F2N4O4. The summed E-state index contributed by atoms with van der Waals surface area (Å²) in [6, 6.07) is 15.7. The minimum atomic E-state index is -1.23. The van der Waals surface area contributed by atoms with Gasteiger partial charge < -0.3 is 25.0 Å². The van der Waals surface area contributed by atoms with Gasteiger partial charge in [0.25, 0.3) is 0 Å². The van der Waals surface area contributed by atoms with Crippen LogP contribution in [0.3, 0.4) is 0 Å². The number of carbonyl (C=O) groups is 2. The van der Waals surface area contributed by atoms with Crippen LogP contribution in [0.2, 0.25) is 0 Å². The molecule has 0 spiro atoms. The molecule has 1 aromatic heterocycles. The van der Waals surface area contributed by atoms with Crippen LogP contribution < -0.4 is 20.1 Å². The first-order valence-corrected chi connectivity index (χ1v) is 15.7. The number of aromatic nitrogens is 1. The van der Waals surface area contributed by atoms with Crippen LogP contribution in [0.4, 0.5) is 20.2 Å². The van der Waals surface area contributed by atoms with Crippen molar-refractivity contribution in [2.45, 2.75) is 38.5 Å². The third kappa shape index (κ3) is 6.97. The van der Waals surface area contributed by atoms with E-state index in [0.717, 1.165) is 42.4 Å². The summed E-state index contributed by atoms with van der Waals surface area (Å²) in [5, 5.41) is 6.30. The van der Waals surface area contributed by atoms with Gasteiger partial charge in [0.15, 0.2) is 11.5 Å². The number of rotatable bonds is 11. The van der Waals surface area contributed by atoms with Crippen LogP contribution in [0.1, 0.15) is 36.8 Å². The number of anilines is 2. The van der Waals surface area contributed by atoms with E-state index < -0.39 is 28.9 Å². The second kappa shape index (κ2) is 13.4. The van der Waals surface area contributed by atoms with Crippen molar-refractivity contribution in [3.63, 3.8) is 0 Å². The number of hydrogen-bond acceptors (Lipinski definition) is 6. The van der Waals surface area contributed by atoms with Crippen LogP contribution in [-0.2, 0) is 22.4 Å². The van der Waals surface area contributed by atoms with Crippen LogP contribution >= 0.6 is 0 Å². The number of benzene rings is 3. The molecule has 2 fully saturated rings. The summed E-state index contributed by atoms with van der Waals surface area (Å²) in [4.78, 5) is 32.8.